The molecule has 76 valence electrons. The van der Waals surface area contributed by atoms with E-state index in [9.17, 15) is 0 Å². The highest BCUT2D eigenvalue weighted by molar-refractivity contribution is 5.43. The van der Waals surface area contributed by atoms with Gasteiger partial charge in [-0.3, -0.25) is 0 Å². The molecule has 14 heavy (non-hydrogen) atoms. The Morgan fingerprint density at radius 2 is 2.00 bits per heavy atom. The first-order valence-electron chi connectivity index (χ1n) is 5.42. The predicted molar refractivity (Wildman–Crippen MR) is 60.2 cm³/mol. The quantitative estimate of drug-likeness (QED) is 0.767. The minimum absolute atomic E-state index is 0.586. The molecule has 1 aromatic carbocycles. The Hall–Kier alpha value is -1.02. The number of para-hydroxylation sites is 1. The van der Waals surface area contributed by atoms with Gasteiger partial charge >= 0.3 is 0 Å². The van der Waals surface area contributed by atoms with Gasteiger partial charge in [-0.2, -0.15) is 0 Å². The maximum Gasteiger partial charge on any atom is 0.0342 e. The van der Waals surface area contributed by atoms with Gasteiger partial charge < -0.3 is 11.1 Å². The molecule has 0 saturated heterocycles. The Balaban J connectivity index is 1.97. The van der Waals surface area contributed by atoms with Crippen LogP contribution in [-0.2, 0) is 0 Å². The van der Waals surface area contributed by atoms with E-state index in [1.807, 2.05) is 6.07 Å². The summed E-state index contributed by atoms with van der Waals surface area (Å²) in [5.41, 5.74) is 6.96. The van der Waals surface area contributed by atoms with E-state index in [4.69, 9.17) is 5.73 Å². The molecule has 2 rings (SSSR count). The lowest BCUT2D eigenvalue weighted by atomic mass is 10.0. The van der Waals surface area contributed by atoms with Crippen LogP contribution in [0.15, 0.2) is 30.3 Å². The fourth-order valence-corrected chi connectivity index (χ4v) is 2.26. The summed E-state index contributed by atoms with van der Waals surface area (Å²) in [6.07, 6.45) is 3.85. The lowest BCUT2D eigenvalue weighted by Crippen LogP contribution is -2.29. The number of rotatable bonds is 3. The molecule has 1 aliphatic carbocycles. The van der Waals surface area contributed by atoms with E-state index >= 15 is 0 Å². The third-order valence-corrected chi connectivity index (χ3v) is 3.09. The number of benzene rings is 1. The van der Waals surface area contributed by atoms with Gasteiger partial charge in [0.2, 0.25) is 0 Å². The van der Waals surface area contributed by atoms with Gasteiger partial charge in [0, 0.05) is 11.7 Å². The van der Waals surface area contributed by atoms with Crippen molar-refractivity contribution in [2.24, 2.45) is 11.7 Å². The average molecular weight is 190 g/mol. The first kappa shape index (κ1) is 9.53. The van der Waals surface area contributed by atoms with Crippen LogP contribution in [0.3, 0.4) is 0 Å². The van der Waals surface area contributed by atoms with Gasteiger partial charge in [-0.25, -0.2) is 0 Å². The van der Waals surface area contributed by atoms with Crippen LogP contribution in [0.4, 0.5) is 5.69 Å². The van der Waals surface area contributed by atoms with Crippen molar-refractivity contribution in [3.05, 3.63) is 30.3 Å². The molecule has 1 saturated carbocycles. The molecule has 2 unspecified atom stereocenters. The summed E-state index contributed by atoms with van der Waals surface area (Å²) in [5, 5.41) is 3.56. The van der Waals surface area contributed by atoms with Crippen LogP contribution in [0, 0.1) is 5.92 Å². The molecule has 0 aliphatic heterocycles. The van der Waals surface area contributed by atoms with Crippen molar-refractivity contribution in [3.8, 4) is 0 Å². The summed E-state index contributed by atoms with van der Waals surface area (Å²) in [4.78, 5) is 0. The van der Waals surface area contributed by atoms with Crippen LogP contribution >= 0.6 is 0 Å². The molecule has 1 aliphatic rings. The Bertz CT molecular complexity index is 271. The van der Waals surface area contributed by atoms with Crippen molar-refractivity contribution in [3.63, 3.8) is 0 Å². The van der Waals surface area contributed by atoms with Crippen molar-refractivity contribution in [1.82, 2.24) is 0 Å². The molecule has 0 amide bonds. The fourth-order valence-electron chi connectivity index (χ4n) is 2.26. The highest BCUT2D eigenvalue weighted by atomic mass is 14.9. The minimum Gasteiger partial charge on any atom is -0.382 e. The van der Waals surface area contributed by atoms with Crippen LogP contribution in [0.5, 0.6) is 0 Å². The Morgan fingerprint density at radius 3 is 2.71 bits per heavy atom. The molecule has 0 heterocycles. The second-order valence-corrected chi connectivity index (χ2v) is 4.04. The molecule has 0 aromatic heterocycles. The Morgan fingerprint density at radius 1 is 1.21 bits per heavy atom. The second kappa shape index (κ2) is 4.47. The molecular formula is C12H18N2. The van der Waals surface area contributed by atoms with E-state index in [-0.39, 0.29) is 0 Å². The van der Waals surface area contributed by atoms with Gasteiger partial charge in [-0.1, -0.05) is 24.6 Å². The van der Waals surface area contributed by atoms with Gasteiger partial charge in [0.1, 0.15) is 0 Å². The van der Waals surface area contributed by atoms with E-state index < -0.39 is 0 Å². The van der Waals surface area contributed by atoms with E-state index in [1.54, 1.807) is 0 Å². The monoisotopic (exact) mass is 190 g/mol. The third-order valence-electron chi connectivity index (χ3n) is 3.09. The summed E-state index contributed by atoms with van der Waals surface area (Å²) in [5.74, 6) is 0.662. The predicted octanol–water partition coefficient (Wildman–Crippen LogP) is 2.23. The topological polar surface area (TPSA) is 38.0 Å². The maximum atomic E-state index is 5.74. The molecule has 2 atom stereocenters. The fraction of sp³-hybridized carbons (Fsp3) is 0.500. The normalized spacial score (nSPS) is 26.4. The van der Waals surface area contributed by atoms with Crippen molar-refractivity contribution >= 4 is 5.69 Å². The van der Waals surface area contributed by atoms with E-state index in [0.29, 0.717) is 12.0 Å². The highest BCUT2D eigenvalue weighted by Crippen LogP contribution is 2.27. The molecular weight excluding hydrogens is 172 g/mol. The molecule has 0 spiro atoms. The number of nitrogens with two attached hydrogens (primary N) is 1. The second-order valence-electron chi connectivity index (χ2n) is 4.04. The van der Waals surface area contributed by atoms with Crippen LogP contribution in [-0.4, -0.2) is 12.6 Å². The maximum absolute atomic E-state index is 5.74. The van der Waals surface area contributed by atoms with Gasteiger partial charge in [-0.05, 0) is 37.4 Å². The molecule has 2 nitrogen and oxygen atoms in total. The van der Waals surface area contributed by atoms with Crippen molar-refractivity contribution in [2.75, 3.05) is 11.9 Å². The summed E-state index contributed by atoms with van der Waals surface area (Å²) in [7, 11) is 0. The largest absolute Gasteiger partial charge is 0.382 e. The van der Waals surface area contributed by atoms with Crippen LogP contribution in [0.25, 0.3) is 0 Å². The van der Waals surface area contributed by atoms with Crippen molar-refractivity contribution < 1.29 is 0 Å². The zero-order valence-corrected chi connectivity index (χ0v) is 8.45. The van der Waals surface area contributed by atoms with Gasteiger partial charge in [0.05, 0.1) is 0 Å². The SMILES string of the molecule is NCC1CCCC1Nc1ccccc1. The third kappa shape index (κ3) is 2.07. The number of anilines is 1. The first-order valence-corrected chi connectivity index (χ1v) is 5.42. The van der Waals surface area contributed by atoms with Crippen molar-refractivity contribution in [1.29, 1.82) is 0 Å². The van der Waals surface area contributed by atoms with E-state index in [0.717, 1.165) is 6.54 Å². The zero-order chi connectivity index (χ0) is 9.80. The van der Waals surface area contributed by atoms with Crippen LogP contribution in [0.2, 0.25) is 0 Å². The smallest absolute Gasteiger partial charge is 0.0342 e. The zero-order valence-electron chi connectivity index (χ0n) is 8.45. The molecule has 0 radical (unpaired) electrons. The summed E-state index contributed by atoms with van der Waals surface area (Å²) >= 11 is 0. The standard InChI is InChI=1S/C12H18N2/c13-9-10-5-4-8-12(10)14-11-6-2-1-3-7-11/h1-3,6-7,10,12,14H,4-5,8-9,13H2. The van der Waals surface area contributed by atoms with Gasteiger partial charge in [0.25, 0.3) is 0 Å². The van der Waals surface area contributed by atoms with Crippen molar-refractivity contribution in [2.45, 2.75) is 25.3 Å². The van der Waals surface area contributed by atoms with Gasteiger partial charge in [-0.15, -0.1) is 0 Å². The summed E-state index contributed by atoms with van der Waals surface area (Å²) < 4.78 is 0. The average Bonchev–Trinajstić information content (AvgIpc) is 2.67. The van der Waals surface area contributed by atoms with Crippen LogP contribution in [0.1, 0.15) is 19.3 Å². The Kier molecular flexibility index (Phi) is 3.04. The summed E-state index contributed by atoms with van der Waals surface area (Å²) in [6.45, 7) is 0.810. The number of hydrogen-bond donors (Lipinski definition) is 2. The van der Waals surface area contributed by atoms with Crippen LogP contribution < -0.4 is 11.1 Å². The van der Waals surface area contributed by atoms with Gasteiger partial charge in [0.15, 0.2) is 0 Å². The van der Waals surface area contributed by atoms with E-state index in [2.05, 4.69) is 29.6 Å². The molecule has 1 fully saturated rings. The lowest BCUT2D eigenvalue weighted by Gasteiger charge is -2.20. The number of nitrogens with one attached hydrogen (secondary N) is 1. The number of hydrogen-bond acceptors (Lipinski definition) is 2. The summed E-state index contributed by atoms with van der Waals surface area (Å²) in [6, 6.07) is 11.0. The molecule has 3 N–H and O–H groups in total. The van der Waals surface area contributed by atoms with E-state index in [1.165, 1.54) is 24.9 Å². The minimum atomic E-state index is 0.586. The lowest BCUT2D eigenvalue weighted by molar-refractivity contribution is 0.516. The molecule has 2 heteroatoms. The first-order chi connectivity index (χ1) is 6.90. The highest BCUT2D eigenvalue weighted by Gasteiger charge is 2.25. The molecule has 1 aromatic rings. The Labute approximate surface area is 85.5 Å². The molecule has 0 bridgehead atoms.